The highest BCUT2D eigenvalue weighted by Crippen LogP contribution is 2.25. The molecule has 2 aromatic carbocycles. The van der Waals surface area contributed by atoms with Gasteiger partial charge in [-0.2, -0.15) is 0 Å². The average molecular weight is 356 g/mol. The molecule has 0 saturated carbocycles. The monoisotopic (exact) mass is 355 g/mol. The molecule has 21 heavy (non-hydrogen) atoms. The van der Waals surface area contributed by atoms with E-state index in [9.17, 15) is 14.5 Å². The molecule has 0 amide bonds. The summed E-state index contributed by atoms with van der Waals surface area (Å²) in [7, 11) is 0. The molecule has 2 rings (SSSR count). The number of benzene rings is 2. The molecule has 0 aliphatic heterocycles. The smallest absolute Gasteiger partial charge is 0.269 e. The van der Waals surface area contributed by atoms with E-state index in [1.54, 1.807) is 6.07 Å². The lowest BCUT2D eigenvalue weighted by Crippen LogP contribution is -2.10. The van der Waals surface area contributed by atoms with Crippen LogP contribution >= 0.6 is 15.9 Å². The number of hydrazine groups is 1. The Morgan fingerprint density at radius 1 is 1.33 bits per heavy atom. The molecule has 0 bridgehead atoms. The third-order valence-electron chi connectivity index (χ3n) is 2.69. The lowest BCUT2D eigenvalue weighted by atomic mass is 10.1. The number of anilines is 1. The molecule has 6 nitrogen and oxygen atoms in total. The maximum atomic E-state index is 13.2. The van der Waals surface area contributed by atoms with Crippen molar-refractivity contribution in [3.63, 3.8) is 0 Å². The predicted molar refractivity (Wildman–Crippen MR) is 79.3 cm³/mol. The van der Waals surface area contributed by atoms with E-state index in [1.165, 1.54) is 30.3 Å². The fourth-order valence-electron chi connectivity index (χ4n) is 1.73. The predicted octanol–water partition coefficient (Wildman–Crippen LogP) is 3.36. The van der Waals surface area contributed by atoms with Crippen molar-refractivity contribution >= 4 is 27.3 Å². The number of nitrogens with one attached hydrogen (secondary N) is 1. The first-order valence-electron chi connectivity index (χ1n) is 5.82. The van der Waals surface area contributed by atoms with Crippen molar-refractivity contribution in [2.75, 3.05) is 5.43 Å². The van der Waals surface area contributed by atoms with Crippen molar-refractivity contribution in [1.29, 1.82) is 0 Å². The third kappa shape index (κ3) is 3.89. The van der Waals surface area contributed by atoms with Crippen molar-refractivity contribution in [2.45, 2.75) is 6.61 Å². The van der Waals surface area contributed by atoms with Gasteiger partial charge >= 0.3 is 0 Å². The van der Waals surface area contributed by atoms with Gasteiger partial charge in [0.1, 0.15) is 18.2 Å². The molecular formula is C13H11BrFN3O3. The van der Waals surface area contributed by atoms with E-state index in [-0.39, 0.29) is 12.3 Å². The topological polar surface area (TPSA) is 90.4 Å². The number of ether oxygens (including phenoxy) is 1. The summed E-state index contributed by atoms with van der Waals surface area (Å²) in [5.41, 5.74) is 3.35. The quantitative estimate of drug-likeness (QED) is 0.487. The van der Waals surface area contributed by atoms with Crippen LogP contribution in [-0.4, -0.2) is 4.92 Å². The Morgan fingerprint density at radius 3 is 2.71 bits per heavy atom. The van der Waals surface area contributed by atoms with Crippen molar-refractivity contribution in [2.24, 2.45) is 5.84 Å². The zero-order valence-electron chi connectivity index (χ0n) is 10.7. The second kappa shape index (κ2) is 6.51. The van der Waals surface area contributed by atoms with Crippen LogP contribution in [0.2, 0.25) is 0 Å². The SMILES string of the molecule is NNc1ccc([N+](=O)[O-])cc1COc1cc(F)cc(Br)c1. The number of nitrogens with two attached hydrogens (primary N) is 1. The molecule has 110 valence electrons. The molecular weight excluding hydrogens is 345 g/mol. The maximum absolute atomic E-state index is 13.2. The van der Waals surface area contributed by atoms with Gasteiger partial charge in [-0.15, -0.1) is 0 Å². The van der Waals surface area contributed by atoms with E-state index >= 15 is 0 Å². The van der Waals surface area contributed by atoms with Crippen LogP contribution in [0.4, 0.5) is 15.8 Å². The number of nitro groups is 1. The Balaban J connectivity index is 2.21. The van der Waals surface area contributed by atoms with Gasteiger partial charge in [0, 0.05) is 28.2 Å². The number of non-ortho nitro benzene ring substituents is 1. The zero-order chi connectivity index (χ0) is 15.4. The molecule has 0 heterocycles. The lowest BCUT2D eigenvalue weighted by Gasteiger charge is -2.11. The van der Waals surface area contributed by atoms with Gasteiger partial charge in [0.2, 0.25) is 0 Å². The summed E-state index contributed by atoms with van der Waals surface area (Å²) in [5, 5.41) is 10.8. The number of nitrogen functional groups attached to an aromatic ring is 1. The Labute approximate surface area is 128 Å². The molecule has 3 N–H and O–H groups in total. The fraction of sp³-hybridized carbons (Fsp3) is 0.0769. The van der Waals surface area contributed by atoms with Crippen LogP contribution in [0.3, 0.4) is 0 Å². The highest BCUT2D eigenvalue weighted by atomic mass is 79.9. The van der Waals surface area contributed by atoms with Gasteiger partial charge in [0.05, 0.1) is 10.6 Å². The fourth-order valence-corrected chi connectivity index (χ4v) is 2.17. The minimum absolute atomic E-state index is 0.0110. The first-order chi connectivity index (χ1) is 9.99. The van der Waals surface area contributed by atoms with E-state index in [4.69, 9.17) is 10.6 Å². The Bertz CT molecular complexity index is 661. The van der Waals surface area contributed by atoms with E-state index in [0.29, 0.717) is 21.5 Å². The summed E-state index contributed by atoms with van der Waals surface area (Å²) >= 11 is 3.16. The van der Waals surface area contributed by atoms with Crippen LogP contribution in [-0.2, 0) is 6.61 Å². The van der Waals surface area contributed by atoms with Crippen LogP contribution in [0.15, 0.2) is 40.9 Å². The Kier molecular flexibility index (Phi) is 4.71. The van der Waals surface area contributed by atoms with E-state index in [0.717, 1.165) is 0 Å². The largest absolute Gasteiger partial charge is 0.489 e. The van der Waals surface area contributed by atoms with Gasteiger partial charge in [-0.1, -0.05) is 15.9 Å². The molecule has 0 aromatic heterocycles. The van der Waals surface area contributed by atoms with E-state index < -0.39 is 10.7 Å². The molecule has 0 radical (unpaired) electrons. The summed E-state index contributed by atoms with van der Waals surface area (Å²) in [5.74, 6) is 5.20. The number of hydrogen-bond acceptors (Lipinski definition) is 5. The standard InChI is InChI=1S/C13H11BrFN3O3/c14-9-4-10(15)6-12(5-9)21-7-8-3-11(18(19)20)1-2-13(8)17-16/h1-6,17H,7,16H2. The third-order valence-corrected chi connectivity index (χ3v) is 3.14. The summed E-state index contributed by atoms with van der Waals surface area (Å²) in [6, 6.07) is 8.28. The number of rotatable bonds is 5. The molecule has 0 unspecified atom stereocenters. The van der Waals surface area contributed by atoms with Crippen molar-refractivity contribution in [1.82, 2.24) is 0 Å². The number of nitro benzene ring substituents is 1. The summed E-state index contributed by atoms with van der Waals surface area (Å²) in [6.07, 6.45) is 0. The van der Waals surface area contributed by atoms with Gasteiger partial charge in [-0.25, -0.2) is 4.39 Å². The lowest BCUT2D eigenvalue weighted by molar-refractivity contribution is -0.384. The second-order valence-corrected chi connectivity index (χ2v) is 5.05. The molecule has 0 aliphatic rings. The average Bonchev–Trinajstić information content (AvgIpc) is 2.43. The molecule has 8 heteroatoms. The Morgan fingerprint density at radius 2 is 2.10 bits per heavy atom. The normalized spacial score (nSPS) is 10.2. The zero-order valence-corrected chi connectivity index (χ0v) is 12.3. The minimum atomic E-state index is -0.511. The van der Waals surface area contributed by atoms with Crippen LogP contribution in [0.25, 0.3) is 0 Å². The second-order valence-electron chi connectivity index (χ2n) is 4.14. The van der Waals surface area contributed by atoms with Crippen molar-refractivity contribution < 1.29 is 14.1 Å². The molecule has 0 aliphatic carbocycles. The minimum Gasteiger partial charge on any atom is -0.489 e. The van der Waals surface area contributed by atoms with Gasteiger partial charge in [0.25, 0.3) is 5.69 Å². The molecule has 0 atom stereocenters. The maximum Gasteiger partial charge on any atom is 0.269 e. The van der Waals surface area contributed by atoms with Crippen LogP contribution in [0.1, 0.15) is 5.56 Å². The van der Waals surface area contributed by atoms with Gasteiger partial charge in [-0.05, 0) is 18.2 Å². The molecule has 0 saturated heterocycles. The highest BCUT2D eigenvalue weighted by molar-refractivity contribution is 9.10. The number of nitrogens with zero attached hydrogens (tertiary/aromatic N) is 1. The Hall–Kier alpha value is -2.19. The van der Waals surface area contributed by atoms with Crippen LogP contribution in [0.5, 0.6) is 5.75 Å². The summed E-state index contributed by atoms with van der Waals surface area (Å²) in [4.78, 5) is 10.3. The number of hydrogen-bond donors (Lipinski definition) is 2. The summed E-state index contributed by atoms with van der Waals surface area (Å²) in [6.45, 7) is 0.0110. The van der Waals surface area contributed by atoms with E-state index in [1.807, 2.05) is 0 Å². The number of halogens is 2. The van der Waals surface area contributed by atoms with Crippen LogP contribution < -0.4 is 16.0 Å². The van der Waals surface area contributed by atoms with Crippen molar-refractivity contribution in [3.8, 4) is 5.75 Å². The van der Waals surface area contributed by atoms with Crippen LogP contribution in [0, 0.1) is 15.9 Å². The van der Waals surface area contributed by atoms with Gasteiger partial charge < -0.3 is 10.2 Å². The molecule has 0 fully saturated rings. The molecule has 0 spiro atoms. The molecule has 2 aromatic rings. The first kappa shape index (κ1) is 15.2. The highest BCUT2D eigenvalue weighted by Gasteiger charge is 2.11. The van der Waals surface area contributed by atoms with Crippen molar-refractivity contribution in [3.05, 3.63) is 62.4 Å². The first-order valence-corrected chi connectivity index (χ1v) is 6.61. The van der Waals surface area contributed by atoms with E-state index in [2.05, 4.69) is 21.4 Å². The summed E-state index contributed by atoms with van der Waals surface area (Å²) < 4.78 is 19.2. The van der Waals surface area contributed by atoms with Gasteiger partial charge in [0.15, 0.2) is 0 Å². The van der Waals surface area contributed by atoms with Gasteiger partial charge in [-0.3, -0.25) is 16.0 Å².